The fourth-order valence-corrected chi connectivity index (χ4v) is 5.79. The Kier molecular flexibility index (Phi) is 3.24. The molecule has 0 spiro atoms. The predicted octanol–water partition coefficient (Wildman–Crippen LogP) is 0.721. The van der Waals surface area contributed by atoms with Gasteiger partial charge in [0, 0.05) is 41.8 Å². The minimum atomic E-state index is -3.08. The van der Waals surface area contributed by atoms with Crippen molar-refractivity contribution in [3.63, 3.8) is 0 Å². The van der Waals surface area contributed by atoms with Gasteiger partial charge < -0.3 is 9.88 Å². The number of nitrogens with one attached hydrogen (secondary N) is 1. The first kappa shape index (κ1) is 14.7. The maximum Gasteiger partial charge on any atom is 0.254 e. The number of carbonyl (C=O) groups excluding carboxylic acids is 1. The van der Waals surface area contributed by atoms with Gasteiger partial charge in [0.2, 0.25) is 0 Å². The van der Waals surface area contributed by atoms with Gasteiger partial charge in [-0.15, -0.1) is 0 Å². The third-order valence-corrected chi connectivity index (χ3v) is 6.71. The third kappa shape index (κ3) is 2.44. The normalized spacial score (nSPS) is 27.3. The summed E-state index contributed by atoms with van der Waals surface area (Å²) in [6.45, 7) is 1.27. The standard InChI is InChI=1S/C16H19N3O3S/c1-18-6-7-19(15-10-23(21,22)9-14(15)18)16(20)12-2-3-13-11(8-12)4-5-17-13/h2-5,8,14-15,17H,6-7,9-10H2,1H3/t14-,15+/m1/s1. The molecule has 0 radical (unpaired) electrons. The number of aromatic nitrogens is 1. The minimum absolute atomic E-state index is 0.0696. The first-order valence-corrected chi connectivity index (χ1v) is 9.55. The predicted molar refractivity (Wildman–Crippen MR) is 88.2 cm³/mol. The molecule has 6 nitrogen and oxygen atoms in total. The number of sulfone groups is 1. The molecule has 3 heterocycles. The van der Waals surface area contributed by atoms with Gasteiger partial charge in [0.25, 0.3) is 5.91 Å². The Morgan fingerprint density at radius 1 is 1.17 bits per heavy atom. The summed E-state index contributed by atoms with van der Waals surface area (Å²) in [5.74, 6) is 0.142. The Bertz CT molecular complexity index is 874. The molecule has 0 bridgehead atoms. The second-order valence-corrected chi connectivity index (χ2v) is 8.62. The lowest BCUT2D eigenvalue weighted by Crippen LogP contribution is -2.59. The summed E-state index contributed by atoms with van der Waals surface area (Å²) < 4.78 is 24.0. The number of hydrogen-bond acceptors (Lipinski definition) is 4. The summed E-state index contributed by atoms with van der Waals surface area (Å²) >= 11 is 0. The largest absolute Gasteiger partial charge is 0.361 e. The van der Waals surface area contributed by atoms with E-state index in [-0.39, 0.29) is 29.5 Å². The van der Waals surface area contributed by atoms with E-state index >= 15 is 0 Å². The van der Waals surface area contributed by atoms with Crippen molar-refractivity contribution in [2.24, 2.45) is 0 Å². The number of nitrogens with zero attached hydrogens (tertiary/aromatic N) is 2. The SMILES string of the molecule is CN1CCN(C(=O)c2ccc3[nH]ccc3c2)[C@H]2CS(=O)(=O)C[C@H]21. The molecule has 4 rings (SSSR count). The summed E-state index contributed by atoms with van der Waals surface area (Å²) in [5.41, 5.74) is 1.60. The van der Waals surface area contributed by atoms with Gasteiger partial charge in [0.05, 0.1) is 17.5 Å². The van der Waals surface area contributed by atoms with Crippen LogP contribution >= 0.6 is 0 Å². The van der Waals surface area contributed by atoms with Crippen LogP contribution in [0.1, 0.15) is 10.4 Å². The van der Waals surface area contributed by atoms with E-state index in [2.05, 4.69) is 9.88 Å². The van der Waals surface area contributed by atoms with Gasteiger partial charge in [-0.2, -0.15) is 0 Å². The highest BCUT2D eigenvalue weighted by Crippen LogP contribution is 2.27. The molecule has 2 aliphatic rings. The van der Waals surface area contributed by atoms with E-state index in [1.165, 1.54) is 0 Å². The van der Waals surface area contributed by atoms with Crippen molar-refractivity contribution in [1.29, 1.82) is 0 Å². The quantitative estimate of drug-likeness (QED) is 0.835. The van der Waals surface area contributed by atoms with Gasteiger partial charge in [0.15, 0.2) is 9.84 Å². The molecule has 2 saturated heterocycles. The van der Waals surface area contributed by atoms with Crippen molar-refractivity contribution < 1.29 is 13.2 Å². The number of aromatic amines is 1. The van der Waals surface area contributed by atoms with E-state index in [0.29, 0.717) is 18.7 Å². The number of carbonyl (C=O) groups is 1. The van der Waals surface area contributed by atoms with Gasteiger partial charge >= 0.3 is 0 Å². The van der Waals surface area contributed by atoms with Gasteiger partial charge in [-0.05, 0) is 31.3 Å². The molecule has 1 aromatic heterocycles. The topological polar surface area (TPSA) is 73.5 Å². The molecule has 2 atom stereocenters. The number of hydrogen-bond donors (Lipinski definition) is 1. The van der Waals surface area contributed by atoms with Crippen LogP contribution in [0.3, 0.4) is 0 Å². The maximum atomic E-state index is 12.9. The molecule has 1 aromatic carbocycles. The van der Waals surface area contributed by atoms with Crippen molar-refractivity contribution in [2.75, 3.05) is 31.6 Å². The maximum absolute atomic E-state index is 12.9. The minimum Gasteiger partial charge on any atom is -0.361 e. The zero-order chi connectivity index (χ0) is 16.2. The zero-order valence-electron chi connectivity index (χ0n) is 12.9. The average Bonchev–Trinajstić information content (AvgIpc) is 3.09. The Morgan fingerprint density at radius 3 is 2.78 bits per heavy atom. The molecule has 2 aromatic rings. The summed E-state index contributed by atoms with van der Waals surface area (Å²) in [5, 5.41) is 0.987. The third-order valence-electron chi connectivity index (χ3n) is 5.01. The van der Waals surface area contributed by atoms with Crippen molar-refractivity contribution in [2.45, 2.75) is 12.1 Å². The van der Waals surface area contributed by atoms with Crippen molar-refractivity contribution in [3.8, 4) is 0 Å². The van der Waals surface area contributed by atoms with Crippen molar-refractivity contribution in [1.82, 2.24) is 14.8 Å². The highest BCUT2D eigenvalue weighted by Gasteiger charge is 2.47. The number of likely N-dealkylation sites (N-methyl/N-ethyl adjacent to an activating group) is 1. The molecule has 0 unspecified atom stereocenters. The number of piperazine rings is 1. The van der Waals surface area contributed by atoms with Gasteiger partial charge in [-0.3, -0.25) is 9.69 Å². The Balaban J connectivity index is 1.67. The molecular formula is C16H19N3O3S. The van der Waals surface area contributed by atoms with Crippen LogP contribution in [0, 0.1) is 0 Å². The number of H-pyrrole nitrogens is 1. The summed E-state index contributed by atoms with van der Waals surface area (Å²) in [6, 6.07) is 7.16. The van der Waals surface area contributed by atoms with E-state index in [4.69, 9.17) is 0 Å². The summed E-state index contributed by atoms with van der Waals surface area (Å²) in [6.07, 6.45) is 1.84. The van der Waals surface area contributed by atoms with Crippen LogP contribution in [0.25, 0.3) is 10.9 Å². The lowest BCUT2D eigenvalue weighted by Gasteiger charge is -2.42. The molecular weight excluding hydrogens is 314 g/mol. The first-order valence-electron chi connectivity index (χ1n) is 7.73. The lowest BCUT2D eigenvalue weighted by atomic mass is 10.0. The summed E-state index contributed by atoms with van der Waals surface area (Å²) in [7, 11) is -1.14. The highest BCUT2D eigenvalue weighted by molar-refractivity contribution is 7.91. The molecule has 0 aliphatic carbocycles. The van der Waals surface area contributed by atoms with E-state index in [1.54, 1.807) is 11.0 Å². The van der Waals surface area contributed by atoms with Crippen LogP contribution in [0.4, 0.5) is 0 Å². The zero-order valence-corrected chi connectivity index (χ0v) is 13.7. The Morgan fingerprint density at radius 2 is 1.96 bits per heavy atom. The van der Waals surface area contributed by atoms with E-state index in [9.17, 15) is 13.2 Å². The smallest absolute Gasteiger partial charge is 0.254 e. The number of amides is 1. The van der Waals surface area contributed by atoms with Gasteiger partial charge in [-0.25, -0.2) is 8.42 Å². The molecule has 23 heavy (non-hydrogen) atoms. The summed E-state index contributed by atoms with van der Waals surface area (Å²) in [4.78, 5) is 19.9. The highest BCUT2D eigenvalue weighted by atomic mass is 32.2. The molecule has 1 amide bonds. The van der Waals surface area contributed by atoms with Crippen LogP contribution in [-0.4, -0.2) is 72.8 Å². The van der Waals surface area contributed by atoms with E-state index in [1.807, 2.05) is 31.4 Å². The number of rotatable bonds is 1. The second kappa shape index (κ2) is 5.07. The average molecular weight is 333 g/mol. The van der Waals surface area contributed by atoms with Gasteiger partial charge in [0.1, 0.15) is 0 Å². The van der Waals surface area contributed by atoms with E-state index in [0.717, 1.165) is 10.9 Å². The fourth-order valence-electron chi connectivity index (χ4n) is 3.73. The number of benzene rings is 1. The van der Waals surface area contributed by atoms with Gasteiger partial charge in [-0.1, -0.05) is 0 Å². The molecule has 0 saturated carbocycles. The molecule has 7 heteroatoms. The van der Waals surface area contributed by atoms with Crippen LogP contribution in [0.15, 0.2) is 30.5 Å². The Hall–Kier alpha value is -1.86. The van der Waals surface area contributed by atoms with Crippen LogP contribution < -0.4 is 0 Å². The van der Waals surface area contributed by atoms with Crippen molar-refractivity contribution in [3.05, 3.63) is 36.0 Å². The van der Waals surface area contributed by atoms with E-state index < -0.39 is 9.84 Å². The molecule has 122 valence electrons. The van der Waals surface area contributed by atoms with Crippen LogP contribution in [0.5, 0.6) is 0 Å². The molecule has 2 aliphatic heterocycles. The number of fused-ring (bicyclic) bond motifs is 2. The lowest BCUT2D eigenvalue weighted by molar-refractivity contribution is 0.0410. The van der Waals surface area contributed by atoms with Crippen LogP contribution in [0.2, 0.25) is 0 Å². The molecule has 1 N–H and O–H groups in total. The van der Waals surface area contributed by atoms with Crippen LogP contribution in [-0.2, 0) is 9.84 Å². The Labute approximate surface area is 135 Å². The fraction of sp³-hybridized carbons (Fsp3) is 0.438. The molecule has 2 fully saturated rings. The monoisotopic (exact) mass is 333 g/mol. The van der Waals surface area contributed by atoms with Crippen molar-refractivity contribution >= 4 is 26.6 Å². The second-order valence-electron chi connectivity index (χ2n) is 6.47. The first-order chi connectivity index (χ1) is 10.9.